The Morgan fingerprint density at radius 1 is 1.42 bits per heavy atom. The maximum absolute atomic E-state index is 12.0. The third-order valence-corrected chi connectivity index (χ3v) is 2.86. The van der Waals surface area contributed by atoms with Crippen LogP contribution in [-0.2, 0) is 0 Å². The van der Waals surface area contributed by atoms with Crippen LogP contribution in [0.15, 0.2) is 27.8 Å². The zero-order chi connectivity index (χ0) is 14.5. The van der Waals surface area contributed by atoms with E-state index in [2.05, 4.69) is 21.1 Å². The predicted octanol–water partition coefficient (Wildman–Crippen LogP) is 3.26. The average molecular weight is 341 g/mol. The lowest BCUT2D eigenvalue weighted by Gasteiger charge is -2.12. The highest BCUT2D eigenvalue weighted by Crippen LogP contribution is 2.27. The average Bonchev–Trinajstić information content (AvgIpc) is 2.33. The molecule has 0 aliphatic carbocycles. The SMILES string of the molecule is N/C(=N/O)c1c(Br)cccc1OCCCC(F)(F)F. The molecule has 8 heteroatoms. The van der Waals surface area contributed by atoms with E-state index < -0.39 is 12.6 Å². The summed E-state index contributed by atoms with van der Waals surface area (Å²) in [4.78, 5) is 0. The van der Waals surface area contributed by atoms with Crippen molar-refractivity contribution < 1.29 is 23.1 Å². The van der Waals surface area contributed by atoms with Crippen LogP contribution in [0.3, 0.4) is 0 Å². The maximum atomic E-state index is 12.0. The maximum Gasteiger partial charge on any atom is 0.389 e. The van der Waals surface area contributed by atoms with Crippen LogP contribution in [0.2, 0.25) is 0 Å². The molecule has 0 bridgehead atoms. The third-order valence-electron chi connectivity index (χ3n) is 2.20. The van der Waals surface area contributed by atoms with E-state index >= 15 is 0 Å². The van der Waals surface area contributed by atoms with Crippen molar-refractivity contribution in [1.29, 1.82) is 0 Å². The van der Waals surface area contributed by atoms with E-state index in [0.717, 1.165) is 0 Å². The third kappa shape index (κ3) is 4.98. The molecule has 0 heterocycles. The number of hydrogen-bond donors (Lipinski definition) is 2. The molecule has 0 radical (unpaired) electrons. The van der Waals surface area contributed by atoms with Gasteiger partial charge in [-0.3, -0.25) is 0 Å². The molecule has 4 nitrogen and oxygen atoms in total. The highest BCUT2D eigenvalue weighted by atomic mass is 79.9. The zero-order valence-electron chi connectivity index (χ0n) is 9.75. The monoisotopic (exact) mass is 340 g/mol. The van der Waals surface area contributed by atoms with Gasteiger partial charge in [-0.2, -0.15) is 13.2 Å². The summed E-state index contributed by atoms with van der Waals surface area (Å²) in [7, 11) is 0. The van der Waals surface area contributed by atoms with Gasteiger partial charge in [-0.15, -0.1) is 0 Å². The van der Waals surface area contributed by atoms with Crippen molar-refractivity contribution in [3.05, 3.63) is 28.2 Å². The minimum atomic E-state index is -4.20. The van der Waals surface area contributed by atoms with Crippen LogP contribution < -0.4 is 10.5 Å². The van der Waals surface area contributed by atoms with Crippen LogP contribution in [0.4, 0.5) is 13.2 Å². The van der Waals surface area contributed by atoms with Crippen molar-refractivity contribution in [2.75, 3.05) is 6.61 Å². The standard InChI is InChI=1S/C11H12BrF3N2O2/c12-7-3-1-4-8(9(7)10(16)17-18)19-6-2-5-11(13,14)15/h1,3-4,18H,2,5-6H2,(H2,16,17). The molecule has 19 heavy (non-hydrogen) atoms. The predicted molar refractivity (Wildman–Crippen MR) is 67.4 cm³/mol. The fourth-order valence-electron chi connectivity index (χ4n) is 1.38. The Balaban J connectivity index is 2.71. The molecular weight excluding hydrogens is 329 g/mol. The number of alkyl halides is 3. The Morgan fingerprint density at radius 2 is 2.11 bits per heavy atom. The van der Waals surface area contributed by atoms with Gasteiger partial charge in [0.1, 0.15) is 5.75 Å². The number of nitrogens with two attached hydrogens (primary N) is 1. The van der Waals surface area contributed by atoms with Crippen LogP contribution in [-0.4, -0.2) is 23.8 Å². The molecule has 0 aromatic heterocycles. The first-order valence-electron chi connectivity index (χ1n) is 5.31. The second-order valence-electron chi connectivity index (χ2n) is 3.67. The lowest BCUT2D eigenvalue weighted by Crippen LogP contribution is -2.16. The van der Waals surface area contributed by atoms with Crippen molar-refractivity contribution in [3.8, 4) is 5.75 Å². The number of halogens is 4. The molecule has 0 aliphatic rings. The second-order valence-corrected chi connectivity index (χ2v) is 4.52. The van der Waals surface area contributed by atoms with Crippen molar-refractivity contribution in [3.63, 3.8) is 0 Å². The van der Waals surface area contributed by atoms with Gasteiger partial charge >= 0.3 is 6.18 Å². The molecule has 0 saturated carbocycles. The molecule has 0 atom stereocenters. The molecule has 0 unspecified atom stereocenters. The summed E-state index contributed by atoms with van der Waals surface area (Å²) in [6, 6.07) is 4.82. The molecule has 1 aromatic carbocycles. The number of ether oxygens (including phenoxy) is 1. The quantitative estimate of drug-likeness (QED) is 0.284. The first-order valence-corrected chi connectivity index (χ1v) is 6.10. The Labute approximate surface area is 116 Å². The van der Waals surface area contributed by atoms with Crippen molar-refractivity contribution in [1.82, 2.24) is 0 Å². The summed E-state index contributed by atoms with van der Waals surface area (Å²) in [6.45, 7) is -0.109. The smallest absolute Gasteiger partial charge is 0.389 e. The van der Waals surface area contributed by atoms with Crippen LogP contribution in [0, 0.1) is 0 Å². The summed E-state index contributed by atoms with van der Waals surface area (Å²) in [5.41, 5.74) is 5.78. The van der Waals surface area contributed by atoms with E-state index in [4.69, 9.17) is 15.7 Å². The first kappa shape index (κ1) is 15.6. The highest BCUT2D eigenvalue weighted by Gasteiger charge is 2.26. The van der Waals surface area contributed by atoms with Crippen molar-refractivity contribution >= 4 is 21.8 Å². The number of nitrogens with zero attached hydrogens (tertiary/aromatic N) is 1. The van der Waals surface area contributed by atoms with Crippen LogP contribution in [0.1, 0.15) is 18.4 Å². The Kier molecular flexibility index (Phi) is 5.46. The fourth-order valence-corrected chi connectivity index (χ4v) is 1.93. The molecule has 0 spiro atoms. The largest absolute Gasteiger partial charge is 0.493 e. The Hall–Kier alpha value is -1.44. The van der Waals surface area contributed by atoms with Gasteiger partial charge < -0.3 is 15.7 Å². The Bertz CT molecular complexity index is 464. The number of oxime groups is 1. The lowest BCUT2D eigenvalue weighted by atomic mass is 10.2. The topological polar surface area (TPSA) is 67.8 Å². The molecule has 106 valence electrons. The molecule has 1 aromatic rings. The van der Waals surface area contributed by atoms with Crippen LogP contribution >= 0.6 is 15.9 Å². The molecule has 0 saturated heterocycles. The van der Waals surface area contributed by atoms with Gasteiger partial charge in [0.2, 0.25) is 0 Å². The van der Waals surface area contributed by atoms with Crippen LogP contribution in [0.5, 0.6) is 5.75 Å². The van der Waals surface area contributed by atoms with E-state index in [-0.39, 0.29) is 24.6 Å². The number of rotatable bonds is 5. The fraction of sp³-hybridized carbons (Fsp3) is 0.364. The van der Waals surface area contributed by atoms with E-state index in [0.29, 0.717) is 10.0 Å². The zero-order valence-corrected chi connectivity index (χ0v) is 11.3. The molecule has 3 N–H and O–H groups in total. The Morgan fingerprint density at radius 3 is 2.68 bits per heavy atom. The van der Waals surface area contributed by atoms with Crippen molar-refractivity contribution in [2.24, 2.45) is 10.9 Å². The second kappa shape index (κ2) is 6.65. The van der Waals surface area contributed by atoms with Gasteiger partial charge in [-0.1, -0.05) is 11.2 Å². The van der Waals surface area contributed by atoms with Gasteiger partial charge in [0.05, 0.1) is 12.2 Å². The molecule has 1 rings (SSSR count). The summed E-state index contributed by atoms with van der Waals surface area (Å²) < 4.78 is 41.7. The number of amidine groups is 1. The van der Waals surface area contributed by atoms with Crippen LogP contribution in [0.25, 0.3) is 0 Å². The van der Waals surface area contributed by atoms with E-state index in [1.807, 2.05) is 0 Å². The lowest BCUT2D eigenvalue weighted by molar-refractivity contribution is -0.136. The normalized spacial score (nSPS) is 12.5. The first-order chi connectivity index (χ1) is 8.85. The minimum Gasteiger partial charge on any atom is -0.493 e. The molecule has 0 aliphatic heterocycles. The minimum absolute atomic E-state index is 0.109. The van der Waals surface area contributed by atoms with E-state index in [1.54, 1.807) is 12.1 Å². The van der Waals surface area contributed by atoms with Gasteiger partial charge in [0.25, 0.3) is 0 Å². The summed E-state index contributed by atoms with van der Waals surface area (Å²) in [6.07, 6.45) is -5.28. The van der Waals surface area contributed by atoms with Gasteiger partial charge in [-0.25, -0.2) is 0 Å². The number of benzene rings is 1. The number of hydrogen-bond acceptors (Lipinski definition) is 3. The summed E-state index contributed by atoms with van der Waals surface area (Å²) in [5, 5.41) is 11.5. The van der Waals surface area contributed by atoms with Gasteiger partial charge in [0, 0.05) is 10.9 Å². The molecular formula is C11H12BrF3N2O2. The van der Waals surface area contributed by atoms with E-state index in [1.165, 1.54) is 6.07 Å². The van der Waals surface area contributed by atoms with Crippen molar-refractivity contribution in [2.45, 2.75) is 19.0 Å². The summed E-state index contributed by atoms with van der Waals surface area (Å²) in [5.74, 6) is 0.0742. The van der Waals surface area contributed by atoms with Gasteiger partial charge in [-0.05, 0) is 34.5 Å². The van der Waals surface area contributed by atoms with E-state index in [9.17, 15) is 13.2 Å². The molecule has 0 amide bonds. The van der Waals surface area contributed by atoms with Gasteiger partial charge in [0.15, 0.2) is 5.84 Å². The molecule has 0 fully saturated rings. The summed E-state index contributed by atoms with van der Waals surface area (Å²) >= 11 is 3.20. The highest BCUT2D eigenvalue weighted by molar-refractivity contribution is 9.10.